The molecule has 2 aliphatic heterocycles. The van der Waals surface area contributed by atoms with Gasteiger partial charge in [0.2, 0.25) is 0 Å². The van der Waals surface area contributed by atoms with E-state index in [4.69, 9.17) is 0 Å². The SMILES string of the molecule is CC(C)N1CCC(CN2CCNC[C@@H]2C)CC1. The van der Waals surface area contributed by atoms with Gasteiger partial charge in [0.05, 0.1) is 0 Å². The predicted octanol–water partition coefficient (Wildman–Crippen LogP) is 1.40. The van der Waals surface area contributed by atoms with Gasteiger partial charge in [-0.05, 0) is 52.6 Å². The molecular formula is C14H29N3. The quantitative estimate of drug-likeness (QED) is 0.803. The number of hydrogen-bond acceptors (Lipinski definition) is 3. The first kappa shape index (κ1) is 13.3. The number of piperazine rings is 1. The Morgan fingerprint density at radius 1 is 1.18 bits per heavy atom. The molecule has 1 N–H and O–H groups in total. The van der Waals surface area contributed by atoms with Crippen LogP contribution in [0.25, 0.3) is 0 Å². The van der Waals surface area contributed by atoms with Gasteiger partial charge in [0.1, 0.15) is 0 Å². The highest BCUT2D eigenvalue weighted by atomic mass is 15.2. The Kier molecular flexibility index (Phi) is 4.83. The van der Waals surface area contributed by atoms with Crippen LogP contribution in [0.5, 0.6) is 0 Å². The van der Waals surface area contributed by atoms with Gasteiger partial charge in [0.15, 0.2) is 0 Å². The highest BCUT2D eigenvalue weighted by molar-refractivity contribution is 4.81. The van der Waals surface area contributed by atoms with Crippen LogP contribution in [0, 0.1) is 5.92 Å². The van der Waals surface area contributed by atoms with Crippen molar-refractivity contribution in [1.29, 1.82) is 0 Å². The lowest BCUT2D eigenvalue weighted by molar-refractivity contribution is 0.0961. The van der Waals surface area contributed by atoms with Crippen molar-refractivity contribution in [3.05, 3.63) is 0 Å². The van der Waals surface area contributed by atoms with Crippen molar-refractivity contribution in [3.63, 3.8) is 0 Å². The maximum Gasteiger partial charge on any atom is 0.0193 e. The average molecular weight is 239 g/mol. The fourth-order valence-electron chi connectivity index (χ4n) is 3.14. The van der Waals surface area contributed by atoms with Crippen LogP contribution in [0.1, 0.15) is 33.6 Å². The molecule has 100 valence electrons. The minimum Gasteiger partial charge on any atom is -0.314 e. The van der Waals surface area contributed by atoms with E-state index in [1.165, 1.54) is 52.1 Å². The van der Waals surface area contributed by atoms with E-state index in [2.05, 4.69) is 35.9 Å². The number of hydrogen-bond donors (Lipinski definition) is 1. The van der Waals surface area contributed by atoms with Crippen LogP contribution in [0.3, 0.4) is 0 Å². The Hall–Kier alpha value is -0.120. The fraction of sp³-hybridized carbons (Fsp3) is 1.00. The molecule has 0 aromatic heterocycles. The third-order valence-electron chi connectivity index (χ3n) is 4.51. The largest absolute Gasteiger partial charge is 0.314 e. The summed E-state index contributed by atoms with van der Waals surface area (Å²) in [6.07, 6.45) is 2.80. The van der Waals surface area contributed by atoms with Crippen LogP contribution >= 0.6 is 0 Å². The van der Waals surface area contributed by atoms with Crippen molar-refractivity contribution in [2.75, 3.05) is 39.3 Å². The van der Waals surface area contributed by atoms with Gasteiger partial charge in [0, 0.05) is 38.3 Å². The topological polar surface area (TPSA) is 18.5 Å². The Bertz CT molecular complexity index is 222. The highest BCUT2D eigenvalue weighted by Gasteiger charge is 2.25. The van der Waals surface area contributed by atoms with Gasteiger partial charge in [-0.3, -0.25) is 4.90 Å². The van der Waals surface area contributed by atoms with Gasteiger partial charge in [-0.2, -0.15) is 0 Å². The summed E-state index contributed by atoms with van der Waals surface area (Å²) >= 11 is 0. The van der Waals surface area contributed by atoms with E-state index in [0.717, 1.165) is 18.0 Å². The number of nitrogens with zero attached hydrogens (tertiary/aromatic N) is 2. The van der Waals surface area contributed by atoms with Crippen LogP contribution in [0.15, 0.2) is 0 Å². The molecule has 2 rings (SSSR count). The number of nitrogens with one attached hydrogen (secondary N) is 1. The van der Waals surface area contributed by atoms with E-state index in [0.29, 0.717) is 0 Å². The molecule has 2 heterocycles. The lowest BCUT2D eigenvalue weighted by Gasteiger charge is -2.40. The third-order valence-corrected chi connectivity index (χ3v) is 4.51. The fourth-order valence-corrected chi connectivity index (χ4v) is 3.14. The molecule has 0 aromatic rings. The molecule has 0 amide bonds. The summed E-state index contributed by atoms with van der Waals surface area (Å²) in [6, 6.07) is 1.46. The van der Waals surface area contributed by atoms with E-state index in [-0.39, 0.29) is 0 Å². The van der Waals surface area contributed by atoms with Gasteiger partial charge >= 0.3 is 0 Å². The molecular weight excluding hydrogens is 210 g/mol. The van der Waals surface area contributed by atoms with E-state index in [1.54, 1.807) is 0 Å². The van der Waals surface area contributed by atoms with E-state index in [9.17, 15) is 0 Å². The Morgan fingerprint density at radius 3 is 2.47 bits per heavy atom. The Morgan fingerprint density at radius 2 is 1.88 bits per heavy atom. The van der Waals surface area contributed by atoms with Gasteiger partial charge in [-0.25, -0.2) is 0 Å². The second kappa shape index (κ2) is 6.17. The maximum absolute atomic E-state index is 3.47. The van der Waals surface area contributed by atoms with Crippen molar-refractivity contribution in [3.8, 4) is 0 Å². The second-order valence-electron chi connectivity index (χ2n) is 6.12. The lowest BCUT2D eigenvalue weighted by atomic mass is 9.94. The van der Waals surface area contributed by atoms with E-state index >= 15 is 0 Å². The zero-order chi connectivity index (χ0) is 12.3. The van der Waals surface area contributed by atoms with Crippen molar-refractivity contribution in [1.82, 2.24) is 15.1 Å². The Labute approximate surface area is 107 Å². The van der Waals surface area contributed by atoms with Crippen molar-refractivity contribution < 1.29 is 0 Å². The predicted molar refractivity (Wildman–Crippen MR) is 73.3 cm³/mol. The smallest absolute Gasteiger partial charge is 0.0193 e. The molecule has 0 radical (unpaired) electrons. The monoisotopic (exact) mass is 239 g/mol. The summed E-state index contributed by atoms with van der Waals surface area (Å²) in [5, 5.41) is 3.47. The van der Waals surface area contributed by atoms with Gasteiger partial charge < -0.3 is 10.2 Å². The summed E-state index contributed by atoms with van der Waals surface area (Å²) in [4.78, 5) is 5.31. The van der Waals surface area contributed by atoms with Gasteiger partial charge in [-0.1, -0.05) is 0 Å². The first-order chi connectivity index (χ1) is 8.16. The molecule has 0 saturated carbocycles. The van der Waals surface area contributed by atoms with Crippen LogP contribution in [0.2, 0.25) is 0 Å². The zero-order valence-electron chi connectivity index (χ0n) is 11.8. The van der Waals surface area contributed by atoms with Gasteiger partial charge in [0.25, 0.3) is 0 Å². The van der Waals surface area contributed by atoms with Crippen LogP contribution in [-0.2, 0) is 0 Å². The molecule has 1 atom stereocenters. The molecule has 0 unspecified atom stereocenters. The minimum absolute atomic E-state index is 0.729. The average Bonchev–Trinajstić information content (AvgIpc) is 2.33. The zero-order valence-corrected chi connectivity index (χ0v) is 11.8. The molecule has 2 aliphatic rings. The summed E-state index contributed by atoms with van der Waals surface area (Å²) < 4.78 is 0. The molecule has 2 saturated heterocycles. The normalized spacial score (nSPS) is 30.0. The van der Waals surface area contributed by atoms with Crippen LogP contribution in [0.4, 0.5) is 0 Å². The van der Waals surface area contributed by atoms with Crippen molar-refractivity contribution >= 4 is 0 Å². The molecule has 0 aromatic carbocycles. The lowest BCUT2D eigenvalue weighted by Crippen LogP contribution is -2.52. The third kappa shape index (κ3) is 3.67. The molecule has 0 bridgehead atoms. The summed E-state index contributed by atoms with van der Waals surface area (Å²) in [6.45, 7) is 14.5. The molecule has 0 spiro atoms. The van der Waals surface area contributed by atoms with Crippen LogP contribution < -0.4 is 5.32 Å². The molecule has 17 heavy (non-hydrogen) atoms. The summed E-state index contributed by atoms with van der Waals surface area (Å²) in [7, 11) is 0. The molecule has 0 aliphatic carbocycles. The van der Waals surface area contributed by atoms with Crippen molar-refractivity contribution in [2.24, 2.45) is 5.92 Å². The van der Waals surface area contributed by atoms with E-state index in [1.807, 2.05) is 0 Å². The first-order valence-corrected chi connectivity index (χ1v) is 7.35. The standard InChI is InChI=1S/C14H29N3/c1-12(2)16-7-4-14(5-8-16)11-17-9-6-15-10-13(17)3/h12-15H,4-11H2,1-3H3/t13-/m0/s1. The summed E-state index contributed by atoms with van der Waals surface area (Å²) in [5.41, 5.74) is 0. The highest BCUT2D eigenvalue weighted by Crippen LogP contribution is 2.21. The first-order valence-electron chi connectivity index (χ1n) is 7.35. The van der Waals surface area contributed by atoms with Crippen molar-refractivity contribution in [2.45, 2.75) is 45.7 Å². The molecule has 3 nitrogen and oxygen atoms in total. The Balaban J connectivity index is 1.73. The number of piperidine rings is 1. The van der Waals surface area contributed by atoms with E-state index < -0.39 is 0 Å². The maximum atomic E-state index is 3.47. The van der Waals surface area contributed by atoms with Gasteiger partial charge in [-0.15, -0.1) is 0 Å². The minimum atomic E-state index is 0.729. The molecule has 3 heteroatoms. The number of likely N-dealkylation sites (tertiary alicyclic amines) is 1. The molecule has 2 fully saturated rings. The second-order valence-corrected chi connectivity index (χ2v) is 6.12. The van der Waals surface area contributed by atoms with Crippen LogP contribution in [-0.4, -0.2) is 61.2 Å². The summed E-state index contributed by atoms with van der Waals surface area (Å²) in [5.74, 6) is 0.936. The number of rotatable bonds is 3.